The lowest BCUT2D eigenvalue weighted by Crippen LogP contribution is -2.19. The summed E-state index contributed by atoms with van der Waals surface area (Å²) in [6.45, 7) is 3.47. The summed E-state index contributed by atoms with van der Waals surface area (Å²) in [5.41, 5.74) is 1.24. The Kier molecular flexibility index (Phi) is 6.26. The molecule has 0 amide bonds. The second-order valence-electron chi connectivity index (χ2n) is 5.18. The Morgan fingerprint density at radius 3 is 2.32 bits per heavy atom. The molecule has 3 nitrogen and oxygen atoms in total. The van der Waals surface area contributed by atoms with Gasteiger partial charge in [-0.25, -0.2) is 0 Å². The van der Waals surface area contributed by atoms with Crippen LogP contribution in [-0.2, 0) is 16.0 Å². The van der Waals surface area contributed by atoms with Crippen LogP contribution in [0.25, 0.3) is 0 Å². The van der Waals surface area contributed by atoms with Crippen molar-refractivity contribution in [3.8, 4) is 0 Å². The minimum Gasteiger partial charge on any atom is -0.481 e. The maximum atomic E-state index is 11.9. The fraction of sp³-hybridized carbons (Fsp3) is 0.500. The third-order valence-electron chi connectivity index (χ3n) is 3.41. The largest absolute Gasteiger partial charge is 0.481 e. The molecule has 0 fully saturated rings. The van der Waals surface area contributed by atoms with Crippen molar-refractivity contribution in [2.45, 2.75) is 39.5 Å². The topological polar surface area (TPSA) is 54.4 Å². The van der Waals surface area contributed by atoms with Crippen LogP contribution in [0, 0.1) is 11.8 Å². The third kappa shape index (κ3) is 5.69. The third-order valence-corrected chi connectivity index (χ3v) is 3.41. The Bertz CT molecular complexity index is 411. The number of carboxylic acids is 1. The summed E-state index contributed by atoms with van der Waals surface area (Å²) in [5.74, 6) is -1.28. The van der Waals surface area contributed by atoms with E-state index in [1.54, 1.807) is 6.92 Å². The highest BCUT2D eigenvalue weighted by Gasteiger charge is 2.19. The van der Waals surface area contributed by atoms with Crippen molar-refractivity contribution in [3.05, 3.63) is 35.9 Å². The smallest absolute Gasteiger partial charge is 0.306 e. The molecule has 2 atom stereocenters. The Labute approximate surface area is 114 Å². The van der Waals surface area contributed by atoms with Gasteiger partial charge in [-0.3, -0.25) is 9.59 Å². The number of carbonyl (C=O) groups excluding carboxylic acids is 1. The normalized spacial score (nSPS) is 13.8. The number of carbonyl (C=O) groups is 2. The van der Waals surface area contributed by atoms with E-state index in [0.29, 0.717) is 12.8 Å². The molecule has 0 spiro atoms. The van der Waals surface area contributed by atoms with Gasteiger partial charge in [0.05, 0.1) is 5.92 Å². The number of Topliss-reactive ketones (excluding diaryl/α,β-unsaturated/α-hetero) is 1. The summed E-state index contributed by atoms with van der Waals surface area (Å²) in [6.07, 6.45) is 2.68. The molecule has 0 aromatic heterocycles. The number of rotatable bonds is 8. The van der Waals surface area contributed by atoms with Gasteiger partial charge in [-0.2, -0.15) is 0 Å². The van der Waals surface area contributed by atoms with Gasteiger partial charge in [0.1, 0.15) is 5.78 Å². The highest BCUT2D eigenvalue weighted by molar-refractivity contribution is 5.81. The maximum absolute atomic E-state index is 11.9. The minimum absolute atomic E-state index is 0.165. The Morgan fingerprint density at radius 1 is 1.11 bits per heavy atom. The number of hydrogen-bond donors (Lipinski definition) is 1. The predicted molar refractivity (Wildman–Crippen MR) is 75.0 cm³/mol. The Morgan fingerprint density at radius 2 is 1.74 bits per heavy atom. The van der Waals surface area contributed by atoms with Crippen LogP contribution in [-0.4, -0.2) is 16.9 Å². The van der Waals surface area contributed by atoms with Gasteiger partial charge in [0.15, 0.2) is 0 Å². The summed E-state index contributed by atoms with van der Waals surface area (Å²) in [4.78, 5) is 22.6. The molecule has 0 radical (unpaired) electrons. The molecule has 1 aromatic carbocycles. The molecule has 0 bridgehead atoms. The van der Waals surface area contributed by atoms with Crippen LogP contribution in [0.3, 0.4) is 0 Å². The van der Waals surface area contributed by atoms with Gasteiger partial charge >= 0.3 is 5.97 Å². The lowest BCUT2D eigenvalue weighted by Gasteiger charge is -2.13. The van der Waals surface area contributed by atoms with Gasteiger partial charge in [-0.1, -0.05) is 44.2 Å². The highest BCUT2D eigenvalue weighted by Crippen LogP contribution is 2.16. The zero-order valence-electron chi connectivity index (χ0n) is 11.6. The number of ketones is 1. The number of benzene rings is 1. The van der Waals surface area contributed by atoms with E-state index in [1.165, 1.54) is 5.56 Å². The number of hydrogen-bond acceptors (Lipinski definition) is 2. The zero-order chi connectivity index (χ0) is 14.3. The first-order valence-corrected chi connectivity index (χ1v) is 6.80. The van der Waals surface area contributed by atoms with Crippen LogP contribution in [0.5, 0.6) is 0 Å². The van der Waals surface area contributed by atoms with E-state index in [1.807, 2.05) is 25.1 Å². The molecule has 1 aromatic rings. The van der Waals surface area contributed by atoms with Gasteiger partial charge in [0.25, 0.3) is 0 Å². The summed E-state index contributed by atoms with van der Waals surface area (Å²) in [7, 11) is 0. The Hall–Kier alpha value is -1.64. The molecule has 0 unspecified atom stereocenters. The van der Waals surface area contributed by atoms with Gasteiger partial charge in [0.2, 0.25) is 0 Å². The van der Waals surface area contributed by atoms with E-state index in [2.05, 4.69) is 12.1 Å². The molecule has 0 heterocycles. The molecule has 0 aliphatic rings. The van der Waals surface area contributed by atoms with Crippen molar-refractivity contribution in [2.24, 2.45) is 11.8 Å². The van der Waals surface area contributed by atoms with Gasteiger partial charge in [0, 0.05) is 12.3 Å². The van der Waals surface area contributed by atoms with Crippen LogP contribution in [0.2, 0.25) is 0 Å². The average Bonchev–Trinajstić information content (AvgIpc) is 2.39. The van der Waals surface area contributed by atoms with Crippen molar-refractivity contribution in [2.75, 3.05) is 0 Å². The number of aliphatic carboxylic acids is 1. The number of carboxylic acid groups (broad SMARTS) is 1. The molecule has 0 saturated heterocycles. The van der Waals surface area contributed by atoms with E-state index in [9.17, 15) is 9.59 Å². The summed E-state index contributed by atoms with van der Waals surface area (Å²) in [5, 5.41) is 8.83. The second kappa shape index (κ2) is 7.72. The molecule has 0 aliphatic heterocycles. The van der Waals surface area contributed by atoms with Gasteiger partial charge in [-0.15, -0.1) is 0 Å². The van der Waals surface area contributed by atoms with E-state index in [-0.39, 0.29) is 11.7 Å². The molecule has 0 aliphatic carbocycles. The van der Waals surface area contributed by atoms with Crippen LogP contribution >= 0.6 is 0 Å². The van der Waals surface area contributed by atoms with E-state index < -0.39 is 11.9 Å². The first-order chi connectivity index (χ1) is 9.00. The van der Waals surface area contributed by atoms with E-state index in [0.717, 1.165) is 12.8 Å². The monoisotopic (exact) mass is 262 g/mol. The maximum Gasteiger partial charge on any atom is 0.306 e. The minimum atomic E-state index is -0.830. The van der Waals surface area contributed by atoms with Crippen molar-refractivity contribution in [3.63, 3.8) is 0 Å². The summed E-state index contributed by atoms with van der Waals surface area (Å²) in [6, 6.07) is 10.1. The molecule has 0 saturated carbocycles. The van der Waals surface area contributed by atoms with Crippen LogP contribution < -0.4 is 0 Å². The molecule has 104 valence electrons. The van der Waals surface area contributed by atoms with Crippen molar-refractivity contribution in [1.29, 1.82) is 0 Å². The molecule has 3 heteroatoms. The number of aryl methyl sites for hydroxylation is 1. The van der Waals surface area contributed by atoms with Crippen molar-refractivity contribution >= 4 is 11.8 Å². The molecule has 1 rings (SSSR count). The van der Waals surface area contributed by atoms with Crippen molar-refractivity contribution in [1.82, 2.24) is 0 Å². The predicted octanol–water partition coefficient (Wildman–Crippen LogP) is 3.33. The molecular formula is C16H22O3. The summed E-state index contributed by atoms with van der Waals surface area (Å²) < 4.78 is 0. The average molecular weight is 262 g/mol. The van der Waals surface area contributed by atoms with Crippen LogP contribution in [0.15, 0.2) is 30.3 Å². The van der Waals surface area contributed by atoms with Gasteiger partial charge in [-0.05, 0) is 24.8 Å². The molecule has 19 heavy (non-hydrogen) atoms. The highest BCUT2D eigenvalue weighted by atomic mass is 16.4. The SMILES string of the molecule is C[C@H](C[C@H](C)C(=O)CCCc1ccccc1)C(=O)O. The fourth-order valence-electron chi connectivity index (χ4n) is 2.12. The fourth-order valence-corrected chi connectivity index (χ4v) is 2.12. The first kappa shape index (κ1) is 15.4. The van der Waals surface area contributed by atoms with Crippen molar-refractivity contribution < 1.29 is 14.7 Å². The van der Waals surface area contributed by atoms with Crippen LogP contribution in [0.1, 0.15) is 38.7 Å². The van der Waals surface area contributed by atoms with Crippen LogP contribution in [0.4, 0.5) is 0 Å². The second-order valence-corrected chi connectivity index (χ2v) is 5.18. The quantitative estimate of drug-likeness (QED) is 0.781. The van der Waals surface area contributed by atoms with Gasteiger partial charge < -0.3 is 5.11 Å². The molecule has 1 N–H and O–H groups in total. The first-order valence-electron chi connectivity index (χ1n) is 6.80. The van der Waals surface area contributed by atoms with E-state index >= 15 is 0 Å². The lowest BCUT2D eigenvalue weighted by atomic mass is 9.91. The zero-order valence-corrected chi connectivity index (χ0v) is 11.6. The summed E-state index contributed by atoms with van der Waals surface area (Å²) >= 11 is 0. The molecular weight excluding hydrogens is 240 g/mol. The standard InChI is InChI=1S/C16H22O3/c1-12(11-13(2)16(18)19)15(17)10-6-9-14-7-4-3-5-8-14/h3-5,7-8,12-13H,6,9-11H2,1-2H3,(H,18,19)/t12-,13+/m0/s1. The van der Waals surface area contributed by atoms with E-state index in [4.69, 9.17) is 5.11 Å². The Balaban J connectivity index is 2.29. The lowest BCUT2D eigenvalue weighted by molar-refractivity contribution is -0.141.